The smallest absolute Gasteiger partial charge is 0.0626 e. The fourth-order valence-corrected chi connectivity index (χ4v) is 12.0. The summed E-state index contributed by atoms with van der Waals surface area (Å²) in [4.78, 5) is 5.64. The summed E-state index contributed by atoms with van der Waals surface area (Å²) in [5.41, 5.74) is 13.5. The summed E-state index contributed by atoms with van der Waals surface area (Å²) in [5.74, 6) is 1.24. The van der Waals surface area contributed by atoms with E-state index in [4.69, 9.17) is 0 Å². The fraction of sp³-hybridized carbons (Fsp3) is 0.345. The van der Waals surface area contributed by atoms with E-state index >= 15 is 0 Å². The molecule has 2 aromatic rings. The minimum Gasteiger partial charge on any atom is -0.336 e. The van der Waals surface area contributed by atoms with E-state index in [2.05, 4.69) is 175 Å². The van der Waals surface area contributed by atoms with Crippen LogP contribution in [0.25, 0.3) is 10.8 Å². The first kappa shape index (κ1) is 35.3. The quantitative estimate of drug-likeness (QED) is 0.272. The van der Waals surface area contributed by atoms with E-state index in [1.165, 1.54) is 88.5 Å². The average molecular weight is 745 g/mol. The summed E-state index contributed by atoms with van der Waals surface area (Å²) in [5, 5.41) is 2.68. The van der Waals surface area contributed by atoms with E-state index in [-0.39, 0.29) is 5.41 Å². The molecular weight excluding hydrogens is 689 g/mol. The van der Waals surface area contributed by atoms with Gasteiger partial charge in [0.1, 0.15) is 0 Å². The number of rotatable bonds is 6. The minimum absolute atomic E-state index is 0.0598. The molecule has 9 aliphatic rings. The third-order valence-corrected chi connectivity index (χ3v) is 14.8. The monoisotopic (exact) mass is 744 g/mol. The van der Waals surface area contributed by atoms with Crippen LogP contribution in [0.4, 0.5) is 5.69 Å². The van der Waals surface area contributed by atoms with Gasteiger partial charge in [0.05, 0.1) is 11.7 Å². The van der Waals surface area contributed by atoms with Crippen molar-refractivity contribution >= 4 is 16.5 Å². The summed E-state index contributed by atoms with van der Waals surface area (Å²) in [7, 11) is 0. The van der Waals surface area contributed by atoms with Crippen LogP contribution >= 0.6 is 0 Å². The van der Waals surface area contributed by atoms with Gasteiger partial charge in [-0.2, -0.15) is 0 Å². The number of fused-ring (bicyclic) bond motifs is 8. The van der Waals surface area contributed by atoms with Crippen molar-refractivity contribution < 1.29 is 0 Å². The van der Waals surface area contributed by atoms with Crippen LogP contribution in [0, 0.1) is 17.3 Å². The van der Waals surface area contributed by atoms with E-state index in [1.54, 1.807) is 11.1 Å². The molecule has 0 amide bonds. The predicted molar refractivity (Wildman–Crippen MR) is 240 cm³/mol. The van der Waals surface area contributed by atoms with Crippen LogP contribution in [0.5, 0.6) is 0 Å². The maximum absolute atomic E-state index is 2.92. The highest BCUT2D eigenvalue weighted by molar-refractivity contribution is 5.99. The zero-order chi connectivity index (χ0) is 38.1. The predicted octanol–water partition coefficient (Wildman–Crippen LogP) is 13.2. The molecule has 0 saturated heterocycles. The third kappa shape index (κ3) is 5.85. The Morgan fingerprint density at radius 3 is 2.37 bits per heavy atom. The van der Waals surface area contributed by atoms with Crippen LogP contribution in [-0.4, -0.2) is 29.1 Å². The highest BCUT2D eigenvalue weighted by atomic mass is 15.2. The highest BCUT2D eigenvalue weighted by Crippen LogP contribution is 2.57. The van der Waals surface area contributed by atoms with Crippen LogP contribution in [0.15, 0.2) is 191 Å². The SMILES string of the molecule is CC1(C)C2=CCCC=C2C2=CCC(N(C3C=CC(C4CC=CC=C4N4c5c(ccc6ccccc56)C5C=CC=CC54)=CC3)C3C=CC(C4=CCCC=C4)CC3)C=C21. The first-order valence-electron chi connectivity index (χ1n) is 22.1. The van der Waals surface area contributed by atoms with Crippen molar-refractivity contribution in [2.75, 3.05) is 4.90 Å². The Morgan fingerprint density at radius 1 is 0.649 bits per heavy atom. The number of allylic oxidation sites excluding steroid dienone is 18. The Labute approximate surface area is 340 Å². The van der Waals surface area contributed by atoms with E-state index in [0.29, 0.717) is 41.9 Å². The Balaban J connectivity index is 0.918. The van der Waals surface area contributed by atoms with Gasteiger partial charge in [-0.05, 0) is 108 Å². The molecule has 0 aromatic heterocycles. The van der Waals surface area contributed by atoms with Crippen molar-refractivity contribution in [2.45, 2.75) is 102 Å². The van der Waals surface area contributed by atoms with Crippen molar-refractivity contribution in [3.8, 4) is 0 Å². The molecule has 286 valence electrons. The summed E-state index contributed by atoms with van der Waals surface area (Å²) in [6.07, 6.45) is 57.3. The Hall–Kier alpha value is -4.92. The molecular formula is C55H56N2. The van der Waals surface area contributed by atoms with Gasteiger partial charge < -0.3 is 4.90 Å². The van der Waals surface area contributed by atoms with E-state index in [0.717, 1.165) is 19.3 Å². The summed E-state index contributed by atoms with van der Waals surface area (Å²) in [6.45, 7) is 4.94. The van der Waals surface area contributed by atoms with Crippen molar-refractivity contribution in [1.82, 2.24) is 4.90 Å². The Morgan fingerprint density at radius 2 is 1.51 bits per heavy atom. The lowest BCUT2D eigenvalue weighted by Gasteiger charge is -2.44. The second kappa shape index (κ2) is 14.2. The molecule has 0 radical (unpaired) electrons. The van der Waals surface area contributed by atoms with Crippen molar-refractivity contribution in [3.05, 3.63) is 197 Å². The first-order valence-corrected chi connectivity index (χ1v) is 22.1. The Kier molecular flexibility index (Phi) is 8.77. The largest absolute Gasteiger partial charge is 0.336 e. The average Bonchev–Trinajstić information content (AvgIpc) is 3.73. The Bertz CT molecular complexity index is 2420. The first-order chi connectivity index (χ1) is 28.0. The molecule has 0 N–H and O–H groups in total. The zero-order valence-corrected chi connectivity index (χ0v) is 33.7. The molecule has 1 heterocycles. The van der Waals surface area contributed by atoms with E-state index in [9.17, 15) is 0 Å². The molecule has 11 rings (SSSR count). The van der Waals surface area contributed by atoms with Crippen LogP contribution in [0.3, 0.4) is 0 Å². The topological polar surface area (TPSA) is 6.48 Å². The lowest BCUT2D eigenvalue weighted by atomic mass is 9.78. The van der Waals surface area contributed by atoms with Crippen LogP contribution in [0.1, 0.15) is 83.1 Å². The van der Waals surface area contributed by atoms with Gasteiger partial charge in [-0.3, -0.25) is 4.90 Å². The van der Waals surface area contributed by atoms with Gasteiger partial charge in [0.2, 0.25) is 0 Å². The molecule has 7 unspecified atom stereocenters. The van der Waals surface area contributed by atoms with Gasteiger partial charge >= 0.3 is 0 Å². The van der Waals surface area contributed by atoms with Crippen molar-refractivity contribution in [3.63, 3.8) is 0 Å². The zero-order valence-electron chi connectivity index (χ0n) is 33.7. The van der Waals surface area contributed by atoms with Gasteiger partial charge in [0.25, 0.3) is 0 Å². The van der Waals surface area contributed by atoms with Gasteiger partial charge in [-0.15, -0.1) is 0 Å². The lowest BCUT2D eigenvalue weighted by molar-refractivity contribution is 0.135. The minimum atomic E-state index is 0.0598. The van der Waals surface area contributed by atoms with Gasteiger partial charge in [0, 0.05) is 52.4 Å². The number of benzene rings is 2. The van der Waals surface area contributed by atoms with Crippen LogP contribution < -0.4 is 4.90 Å². The summed E-state index contributed by atoms with van der Waals surface area (Å²) < 4.78 is 0. The molecule has 0 bridgehead atoms. The number of nitrogens with zero attached hydrogens (tertiary/aromatic N) is 2. The van der Waals surface area contributed by atoms with Gasteiger partial charge in [0.15, 0.2) is 0 Å². The maximum Gasteiger partial charge on any atom is 0.0626 e. The number of hydrogen-bond acceptors (Lipinski definition) is 2. The third-order valence-electron chi connectivity index (χ3n) is 14.8. The molecule has 2 aromatic carbocycles. The maximum atomic E-state index is 2.92. The molecule has 1 saturated carbocycles. The molecule has 8 aliphatic carbocycles. The van der Waals surface area contributed by atoms with E-state index < -0.39 is 0 Å². The van der Waals surface area contributed by atoms with Gasteiger partial charge in [-0.25, -0.2) is 0 Å². The van der Waals surface area contributed by atoms with Crippen LogP contribution in [-0.2, 0) is 0 Å². The van der Waals surface area contributed by atoms with Crippen molar-refractivity contribution in [2.24, 2.45) is 17.3 Å². The molecule has 2 nitrogen and oxygen atoms in total. The number of hydrogen-bond donors (Lipinski definition) is 0. The summed E-state index contributed by atoms with van der Waals surface area (Å²) >= 11 is 0. The highest BCUT2D eigenvalue weighted by Gasteiger charge is 2.45. The molecule has 1 fully saturated rings. The fourth-order valence-electron chi connectivity index (χ4n) is 12.0. The molecule has 1 aliphatic heterocycles. The summed E-state index contributed by atoms with van der Waals surface area (Å²) in [6, 6.07) is 15.1. The number of anilines is 1. The van der Waals surface area contributed by atoms with Crippen LogP contribution in [0.2, 0.25) is 0 Å². The van der Waals surface area contributed by atoms with E-state index in [1.807, 2.05) is 0 Å². The standard InChI is InChI=1S/C55H56N2/c1-55(2)50-21-11-8-19-46(50)47-35-33-43(36-51(47)55)56(41-29-24-38(25-30-41)37-14-4-3-5-15-37)42-31-26-40(27-32-42)44-17-9-12-22-52(44)57-53-23-13-10-20-48(53)49-34-28-39-16-6-7-18-45(39)54(49)57/h4,6-7,9-10,12-16,18-24,26-29,31,34-36,38,41-44,48,53H,3,5,8,11,17,25,30,32-33H2,1-2H3. The molecule has 2 heteroatoms. The molecule has 57 heavy (non-hydrogen) atoms. The van der Waals surface area contributed by atoms with Crippen molar-refractivity contribution in [1.29, 1.82) is 0 Å². The molecule has 0 spiro atoms. The second-order valence-corrected chi connectivity index (χ2v) is 18.3. The normalized spacial score (nSPS) is 31.8. The second-order valence-electron chi connectivity index (χ2n) is 18.3. The molecule has 7 atom stereocenters. The van der Waals surface area contributed by atoms with Gasteiger partial charge in [-0.1, -0.05) is 160 Å². The lowest BCUT2D eigenvalue weighted by Crippen LogP contribution is -2.49.